The lowest BCUT2D eigenvalue weighted by Gasteiger charge is -2.22. The van der Waals surface area contributed by atoms with Crippen molar-refractivity contribution in [1.82, 2.24) is 4.90 Å². The van der Waals surface area contributed by atoms with Gasteiger partial charge in [-0.25, -0.2) is 4.39 Å². The van der Waals surface area contributed by atoms with Crippen LogP contribution >= 0.6 is 0 Å². The van der Waals surface area contributed by atoms with E-state index >= 15 is 0 Å². The fraction of sp³-hybridized carbons (Fsp3) is 0.333. The van der Waals surface area contributed by atoms with Gasteiger partial charge in [0.05, 0.1) is 5.56 Å². The van der Waals surface area contributed by atoms with E-state index < -0.39 is 23.7 Å². The van der Waals surface area contributed by atoms with Crippen LogP contribution in [0.5, 0.6) is 0 Å². The molecule has 2 rings (SSSR count). The normalized spacial score (nSPS) is 17.2. The van der Waals surface area contributed by atoms with Gasteiger partial charge in [-0.3, -0.25) is 9.59 Å². The predicted octanol–water partition coefficient (Wildman–Crippen LogP) is 0.259. The molecule has 21 heavy (non-hydrogen) atoms. The molecule has 1 atom stereocenters. The molecule has 0 saturated carbocycles. The van der Waals surface area contributed by atoms with Crippen molar-refractivity contribution in [3.05, 3.63) is 35.1 Å². The second-order valence-corrected chi connectivity index (χ2v) is 4.71. The molecule has 5 nitrogen and oxygen atoms in total. The summed E-state index contributed by atoms with van der Waals surface area (Å²) >= 11 is 0. The van der Waals surface area contributed by atoms with E-state index in [0.717, 1.165) is 6.07 Å². The number of aliphatic hydroxyl groups excluding tert-OH is 1. The van der Waals surface area contributed by atoms with Gasteiger partial charge in [0.15, 0.2) is 0 Å². The van der Waals surface area contributed by atoms with Gasteiger partial charge in [-0.2, -0.15) is 0 Å². The predicted molar refractivity (Wildman–Crippen MR) is 73.6 cm³/mol. The first kappa shape index (κ1) is 15.0. The number of hydrogen-bond donors (Lipinski definition) is 2. The monoisotopic (exact) mass is 290 g/mol. The zero-order chi connectivity index (χ0) is 15.4. The summed E-state index contributed by atoms with van der Waals surface area (Å²) in [5.41, 5.74) is 5.67. The number of aliphatic hydroxyl groups is 1. The number of nitrogens with two attached hydrogens (primary N) is 1. The summed E-state index contributed by atoms with van der Waals surface area (Å²) in [6, 6.07) is 2.98. The number of carbonyl (C=O) groups is 2. The average molecular weight is 290 g/mol. The zero-order valence-corrected chi connectivity index (χ0v) is 11.3. The molecule has 2 amide bonds. The Morgan fingerprint density at radius 3 is 2.90 bits per heavy atom. The summed E-state index contributed by atoms with van der Waals surface area (Å²) in [7, 11) is 0. The Bertz CT molecular complexity index is 634. The van der Waals surface area contributed by atoms with Crippen molar-refractivity contribution < 1.29 is 19.1 Å². The van der Waals surface area contributed by atoms with Gasteiger partial charge in [0.2, 0.25) is 5.91 Å². The van der Waals surface area contributed by atoms with Gasteiger partial charge in [0, 0.05) is 12.1 Å². The third kappa shape index (κ3) is 3.20. The molecular weight excluding hydrogens is 275 g/mol. The molecule has 1 aromatic carbocycles. The molecule has 3 N–H and O–H groups in total. The van der Waals surface area contributed by atoms with Gasteiger partial charge in [0.25, 0.3) is 5.91 Å². The Kier molecular flexibility index (Phi) is 4.55. The van der Waals surface area contributed by atoms with Crippen LogP contribution in [0, 0.1) is 17.7 Å². The van der Waals surface area contributed by atoms with Crippen LogP contribution in [0.15, 0.2) is 18.2 Å². The maximum absolute atomic E-state index is 13.4. The minimum atomic E-state index is -0.667. The van der Waals surface area contributed by atoms with Crippen molar-refractivity contribution in [3.63, 3.8) is 0 Å². The summed E-state index contributed by atoms with van der Waals surface area (Å²) in [5, 5.41) is 8.73. The molecule has 1 fully saturated rings. The Balaban J connectivity index is 2.38. The molecule has 0 spiro atoms. The van der Waals surface area contributed by atoms with Crippen LogP contribution in [0.4, 0.5) is 4.39 Å². The van der Waals surface area contributed by atoms with Gasteiger partial charge < -0.3 is 15.7 Å². The van der Waals surface area contributed by atoms with Crippen molar-refractivity contribution in [2.75, 3.05) is 13.2 Å². The zero-order valence-electron chi connectivity index (χ0n) is 11.3. The standard InChI is InChI=1S/C15H15FN2O3/c16-11-6-5-10(3-2-8-19)12(9-11)15(21)18-7-1-4-13(18)14(17)20/h5-6,9,13,19H,1,4,7-8H2,(H2,17,20). The first-order chi connectivity index (χ1) is 10.0. The van der Waals surface area contributed by atoms with Crippen molar-refractivity contribution >= 4 is 11.8 Å². The maximum Gasteiger partial charge on any atom is 0.255 e. The number of carbonyl (C=O) groups excluding carboxylic acids is 2. The van der Waals surface area contributed by atoms with Crippen LogP contribution in [-0.2, 0) is 4.79 Å². The molecular formula is C15H15FN2O3. The number of primary amides is 1. The van der Waals surface area contributed by atoms with Gasteiger partial charge in [-0.1, -0.05) is 11.8 Å². The summed E-state index contributed by atoms with van der Waals surface area (Å²) in [6.45, 7) is 0.0362. The third-order valence-electron chi connectivity index (χ3n) is 3.36. The molecule has 1 unspecified atom stereocenters. The lowest BCUT2D eigenvalue weighted by molar-refractivity contribution is -0.121. The highest BCUT2D eigenvalue weighted by Crippen LogP contribution is 2.22. The largest absolute Gasteiger partial charge is 0.384 e. The second-order valence-electron chi connectivity index (χ2n) is 4.71. The summed E-state index contributed by atoms with van der Waals surface area (Å²) < 4.78 is 13.4. The first-order valence-corrected chi connectivity index (χ1v) is 6.54. The average Bonchev–Trinajstić information content (AvgIpc) is 2.94. The topological polar surface area (TPSA) is 83.6 Å². The van der Waals surface area contributed by atoms with Crippen LogP contribution in [0.3, 0.4) is 0 Å². The Hall–Kier alpha value is -2.39. The van der Waals surface area contributed by atoms with Crippen LogP contribution in [0.2, 0.25) is 0 Å². The van der Waals surface area contributed by atoms with Crippen molar-refractivity contribution in [2.45, 2.75) is 18.9 Å². The van der Waals surface area contributed by atoms with E-state index in [9.17, 15) is 14.0 Å². The van der Waals surface area contributed by atoms with Crippen LogP contribution in [-0.4, -0.2) is 41.0 Å². The quantitative estimate of drug-likeness (QED) is 0.766. The van der Waals surface area contributed by atoms with Crippen LogP contribution in [0.1, 0.15) is 28.8 Å². The van der Waals surface area contributed by atoms with Gasteiger partial charge in [-0.15, -0.1) is 0 Å². The van der Waals surface area contributed by atoms with E-state index in [-0.39, 0.29) is 12.2 Å². The minimum Gasteiger partial charge on any atom is -0.384 e. The van der Waals surface area contributed by atoms with Crippen LogP contribution in [0.25, 0.3) is 0 Å². The molecule has 0 aromatic heterocycles. The highest BCUT2D eigenvalue weighted by molar-refractivity contribution is 5.99. The number of rotatable bonds is 2. The summed E-state index contributed by atoms with van der Waals surface area (Å²) in [4.78, 5) is 25.2. The fourth-order valence-corrected chi connectivity index (χ4v) is 2.40. The number of likely N-dealkylation sites (tertiary alicyclic amines) is 1. The Morgan fingerprint density at radius 1 is 1.48 bits per heavy atom. The highest BCUT2D eigenvalue weighted by Gasteiger charge is 2.33. The molecule has 1 saturated heterocycles. The number of nitrogens with zero attached hydrogens (tertiary/aromatic N) is 1. The van der Waals surface area contributed by atoms with E-state index in [1.807, 2.05) is 0 Å². The van der Waals surface area contributed by atoms with Gasteiger partial charge >= 0.3 is 0 Å². The molecule has 0 bridgehead atoms. The van der Waals surface area contributed by atoms with Gasteiger partial charge in [-0.05, 0) is 31.0 Å². The highest BCUT2D eigenvalue weighted by atomic mass is 19.1. The van der Waals surface area contributed by atoms with E-state index in [0.29, 0.717) is 24.9 Å². The second kappa shape index (κ2) is 6.37. The number of hydrogen-bond acceptors (Lipinski definition) is 3. The number of amides is 2. The van der Waals surface area contributed by atoms with Crippen molar-refractivity contribution in [2.24, 2.45) is 5.73 Å². The molecule has 1 aromatic rings. The van der Waals surface area contributed by atoms with Crippen LogP contribution < -0.4 is 5.73 Å². The minimum absolute atomic E-state index is 0.0732. The molecule has 0 radical (unpaired) electrons. The molecule has 110 valence electrons. The first-order valence-electron chi connectivity index (χ1n) is 6.54. The molecule has 6 heteroatoms. The van der Waals surface area contributed by atoms with Crippen molar-refractivity contribution in [3.8, 4) is 11.8 Å². The van der Waals surface area contributed by atoms with E-state index in [4.69, 9.17) is 10.8 Å². The molecule has 1 heterocycles. The molecule has 1 aliphatic rings. The van der Waals surface area contributed by atoms with E-state index in [1.54, 1.807) is 0 Å². The number of benzene rings is 1. The number of halogens is 1. The third-order valence-corrected chi connectivity index (χ3v) is 3.36. The molecule has 1 aliphatic heterocycles. The fourth-order valence-electron chi connectivity index (χ4n) is 2.40. The van der Waals surface area contributed by atoms with Gasteiger partial charge in [0.1, 0.15) is 18.5 Å². The summed E-state index contributed by atoms with van der Waals surface area (Å²) in [5.74, 6) is 3.42. The maximum atomic E-state index is 13.4. The Morgan fingerprint density at radius 2 is 2.24 bits per heavy atom. The van der Waals surface area contributed by atoms with E-state index in [1.165, 1.54) is 17.0 Å². The lowest BCUT2D eigenvalue weighted by atomic mass is 10.1. The Labute approximate surface area is 121 Å². The van der Waals surface area contributed by atoms with E-state index in [2.05, 4.69) is 11.8 Å². The SMILES string of the molecule is NC(=O)C1CCCN1C(=O)c1cc(F)ccc1C#CCO. The molecule has 0 aliphatic carbocycles. The lowest BCUT2D eigenvalue weighted by Crippen LogP contribution is -2.43. The smallest absolute Gasteiger partial charge is 0.255 e. The van der Waals surface area contributed by atoms with Crippen molar-refractivity contribution in [1.29, 1.82) is 0 Å². The summed E-state index contributed by atoms with van der Waals surface area (Å²) in [6.07, 6.45) is 1.18.